The summed E-state index contributed by atoms with van der Waals surface area (Å²) >= 11 is 0. The molecule has 2 N–H and O–H groups in total. The van der Waals surface area contributed by atoms with Gasteiger partial charge in [0.2, 0.25) is 5.91 Å². The van der Waals surface area contributed by atoms with Gasteiger partial charge in [-0.05, 0) is 38.6 Å². The van der Waals surface area contributed by atoms with E-state index in [1.54, 1.807) is 0 Å². The summed E-state index contributed by atoms with van der Waals surface area (Å²) in [5.41, 5.74) is 0. The van der Waals surface area contributed by atoms with Crippen LogP contribution in [0.25, 0.3) is 0 Å². The Kier molecular flexibility index (Phi) is 4.64. The predicted molar refractivity (Wildman–Crippen MR) is 65.2 cm³/mol. The normalized spacial score (nSPS) is 26.9. The van der Waals surface area contributed by atoms with Crippen molar-refractivity contribution in [1.82, 2.24) is 10.6 Å². The van der Waals surface area contributed by atoms with Crippen LogP contribution >= 0.6 is 0 Å². The molecule has 1 heterocycles. The fraction of sp³-hybridized carbons (Fsp3) is 0.923. The van der Waals surface area contributed by atoms with E-state index in [0.717, 1.165) is 32.4 Å². The van der Waals surface area contributed by atoms with Crippen molar-refractivity contribution in [3.05, 3.63) is 0 Å². The Morgan fingerprint density at radius 3 is 2.62 bits per heavy atom. The Morgan fingerprint density at radius 1 is 1.12 bits per heavy atom. The highest BCUT2D eigenvalue weighted by molar-refractivity contribution is 5.78. The number of carbonyl (C=O) groups excluding carboxylic acids is 1. The van der Waals surface area contributed by atoms with Crippen LogP contribution in [-0.2, 0) is 4.79 Å². The number of hydrogen-bond donors (Lipinski definition) is 2. The molecule has 2 fully saturated rings. The molecular weight excluding hydrogens is 200 g/mol. The second-order valence-electron chi connectivity index (χ2n) is 5.21. The Balaban J connectivity index is 1.59. The van der Waals surface area contributed by atoms with E-state index in [9.17, 15) is 4.79 Å². The quantitative estimate of drug-likeness (QED) is 0.765. The first-order valence-corrected chi connectivity index (χ1v) is 6.87. The minimum absolute atomic E-state index is 0.303. The molecule has 0 spiro atoms. The zero-order chi connectivity index (χ0) is 11.2. The largest absolute Gasteiger partial charge is 0.356 e. The maximum Gasteiger partial charge on any atom is 0.223 e. The van der Waals surface area contributed by atoms with Gasteiger partial charge in [-0.3, -0.25) is 4.79 Å². The Morgan fingerprint density at radius 2 is 1.94 bits per heavy atom. The van der Waals surface area contributed by atoms with Crippen LogP contribution in [0.5, 0.6) is 0 Å². The van der Waals surface area contributed by atoms with Gasteiger partial charge in [0.05, 0.1) is 0 Å². The summed E-state index contributed by atoms with van der Waals surface area (Å²) < 4.78 is 0. The molecule has 1 amide bonds. The summed E-state index contributed by atoms with van der Waals surface area (Å²) in [5.74, 6) is 0.614. The zero-order valence-corrected chi connectivity index (χ0v) is 10.1. The van der Waals surface area contributed by atoms with Crippen LogP contribution < -0.4 is 10.6 Å². The van der Waals surface area contributed by atoms with E-state index < -0.39 is 0 Å². The average molecular weight is 224 g/mol. The monoisotopic (exact) mass is 224 g/mol. The minimum Gasteiger partial charge on any atom is -0.356 e. The first-order valence-electron chi connectivity index (χ1n) is 6.87. The Bertz CT molecular complexity index is 218. The van der Waals surface area contributed by atoms with Crippen molar-refractivity contribution in [3.8, 4) is 0 Å². The maximum absolute atomic E-state index is 11.8. The van der Waals surface area contributed by atoms with Crippen LogP contribution in [-0.4, -0.2) is 25.0 Å². The van der Waals surface area contributed by atoms with Gasteiger partial charge >= 0.3 is 0 Å². The van der Waals surface area contributed by atoms with Gasteiger partial charge in [0.25, 0.3) is 0 Å². The van der Waals surface area contributed by atoms with Gasteiger partial charge in [0.1, 0.15) is 0 Å². The van der Waals surface area contributed by atoms with Crippen LogP contribution in [0.15, 0.2) is 0 Å². The van der Waals surface area contributed by atoms with E-state index in [2.05, 4.69) is 10.6 Å². The molecule has 92 valence electrons. The molecule has 3 nitrogen and oxygen atoms in total. The van der Waals surface area contributed by atoms with Crippen LogP contribution in [0.1, 0.15) is 51.4 Å². The van der Waals surface area contributed by atoms with Crippen molar-refractivity contribution in [2.45, 2.75) is 57.4 Å². The third-order valence-electron chi connectivity index (χ3n) is 3.93. The van der Waals surface area contributed by atoms with E-state index in [-0.39, 0.29) is 0 Å². The van der Waals surface area contributed by atoms with E-state index in [4.69, 9.17) is 0 Å². The maximum atomic E-state index is 11.8. The van der Waals surface area contributed by atoms with Gasteiger partial charge in [-0.1, -0.05) is 19.3 Å². The van der Waals surface area contributed by atoms with Crippen LogP contribution in [0.4, 0.5) is 0 Å². The van der Waals surface area contributed by atoms with Gasteiger partial charge in [0, 0.05) is 18.5 Å². The number of hydrogen-bond acceptors (Lipinski definition) is 2. The van der Waals surface area contributed by atoms with Crippen molar-refractivity contribution in [3.63, 3.8) is 0 Å². The van der Waals surface area contributed by atoms with Crippen LogP contribution in [0.3, 0.4) is 0 Å². The van der Waals surface area contributed by atoms with Crippen LogP contribution in [0, 0.1) is 5.92 Å². The molecule has 0 radical (unpaired) electrons. The van der Waals surface area contributed by atoms with Crippen molar-refractivity contribution in [1.29, 1.82) is 0 Å². The highest BCUT2D eigenvalue weighted by atomic mass is 16.1. The molecule has 2 aliphatic rings. The van der Waals surface area contributed by atoms with E-state index >= 15 is 0 Å². The molecule has 16 heavy (non-hydrogen) atoms. The standard InChI is InChI=1S/C13H24N2O/c16-13(11-5-2-1-3-6-11)15-10-8-12-7-4-9-14-12/h11-12,14H,1-10H2,(H,15,16). The third kappa shape index (κ3) is 3.48. The molecule has 1 aliphatic heterocycles. The van der Waals surface area contributed by atoms with Crippen LogP contribution in [0.2, 0.25) is 0 Å². The fourth-order valence-electron chi connectivity index (χ4n) is 2.88. The van der Waals surface area contributed by atoms with Crippen molar-refractivity contribution >= 4 is 5.91 Å². The second-order valence-corrected chi connectivity index (χ2v) is 5.21. The molecule has 0 bridgehead atoms. The third-order valence-corrected chi connectivity index (χ3v) is 3.93. The lowest BCUT2D eigenvalue weighted by molar-refractivity contribution is -0.125. The summed E-state index contributed by atoms with van der Waals surface area (Å²) in [7, 11) is 0. The summed E-state index contributed by atoms with van der Waals surface area (Å²) in [4.78, 5) is 11.8. The molecule has 1 unspecified atom stereocenters. The number of nitrogens with one attached hydrogen (secondary N) is 2. The lowest BCUT2D eigenvalue weighted by Gasteiger charge is -2.21. The smallest absolute Gasteiger partial charge is 0.223 e. The summed E-state index contributed by atoms with van der Waals surface area (Å²) in [5, 5.41) is 6.56. The lowest BCUT2D eigenvalue weighted by Crippen LogP contribution is -2.35. The Hall–Kier alpha value is -0.570. The average Bonchev–Trinajstić information content (AvgIpc) is 2.83. The van der Waals surface area contributed by atoms with Gasteiger partial charge in [-0.25, -0.2) is 0 Å². The molecule has 1 saturated heterocycles. The van der Waals surface area contributed by atoms with Crippen molar-refractivity contribution in [2.24, 2.45) is 5.92 Å². The summed E-state index contributed by atoms with van der Waals surface area (Å²) in [6.07, 6.45) is 9.67. The summed E-state index contributed by atoms with van der Waals surface area (Å²) in [6, 6.07) is 0.645. The van der Waals surface area contributed by atoms with Crippen molar-refractivity contribution < 1.29 is 4.79 Å². The predicted octanol–water partition coefficient (Wildman–Crippen LogP) is 1.82. The van der Waals surface area contributed by atoms with E-state index in [1.165, 1.54) is 32.1 Å². The molecule has 1 aliphatic carbocycles. The highest BCUT2D eigenvalue weighted by Gasteiger charge is 2.21. The lowest BCUT2D eigenvalue weighted by atomic mass is 9.88. The highest BCUT2D eigenvalue weighted by Crippen LogP contribution is 2.23. The van der Waals surface area contributed by atoms with E-state index in [1.807, 2.05) is 0 Å². The van der Waals surface area contributed by atoms with Gasteiger partial charge in [-0.2, -0.15) is 0 Å². The number of carbonyl (C=O) groups is 1. The molecule has 1 atom stereocenters. The van der Waals surface area contributed by atoms with Gasteiger partial charge in [-0.15, -0.1) is 0 Å². The number of rotatable bonds is 4. The minimum atomic E-state index is 0.303. The summed E-state index contributed by atoms with van der Waals surface area (Å²) in [6.45, 7) is 2.01. The molecule has 2 rings (SSSR count). The van der Waals surface area contributed by atoms with E-state index in [0.29, 0.717) is 17.9 Å². The topological polar surface area (TPSA) is 41.1 Å². The second kappa shape index (κ2) is 6.24. The first kappa shape index (κ1) is 11.9. The zero-order valence-electron chi connectivity index (χ0n) is 10.1. The Labute approximate surface area is 98.4 Å². The molecule has 0 aromatic carbocycles. The van der Waals surface area contributed by atoms with Crippen molar-refractivity contribution in [2.75, 3.05) is 13.1 Å². The first-order chi connectivity index (χ1) is 7.86. The van der Waals surface area contributed by atoms with Gasteiger partial charge < -0.3 is 10.6 Å². The molecule has 0 aromatic heterocycles. The molecular formula is C13H24N2O. The number of amides is 1. The SMILES string of the molecule is O=C(NCCC1CCCN1)C1CCCCC1. The molecule has 0 aromatic rings. The molecule has 3 heteroatoms. The molecule has 1 saturated carbocycles. The van der Waals surface area contributed by atoms with Gasteiger partial charge in [0.15, 0.2) is 0 Å². The fourth-order valence-corrected chi connectivity index (χ4v) is 2.88.